The van der Waals surface area contributed by atoms with E-state index in [1.807, 2.05) is 12.1 Å². The van der Waals surface area contributed by atoms with E-state index in [0.717, 1.165) is 12.8 Å². The Kier molecular flexibility index (Phi) is 11.8. The van der Waals surface area contributed by atoms with Crippen LogP contribution in [0.3, 0.4) is 0 Å². The van der Waals surface area contributed by atoms with Gasteiger partial charge < -0.3 is 24.3 Å². The lowest BCUT2D eigenvalue weighted by molar-refractivity contribution is 0.186. The number of nitrogens with one attached hydrogen (secondary N) is 2. The van der Waals surface area contributed by atoms with Crippen LogP contribution < -0.4 is 25.7 Å². The van der Waals surface area contributed by atoms with Crippen molar-refractivity contribution in [1.82, 2.24) is 24.7 Å². The molecule has 12 nitrogen and oxygen atoms in total. The molecule has 0 fully saturated rings. The molecule has 13 heteroatoms. The van der Waals surface area contributed by atoms with Gasteiger partial charge in [0.05, 0.1) is 39.3 Å². The van der Waals surface area contributed by atoms with Gasteiger partial charge in [-0.25, -0.2) is 14.8 Å². The summed E-state index contributed by atoms with van der Waals surface area (Å²) in [6, 6.07) is 24.7. The Balaban J connectivity index is 1.49. The van der Waals surface area contributed by atoms with Gasteiger partial charge in [0.2, 0.25) is 5.95 Å². The summed E-state index contributed by atoms with van der Waals surface area (Å²) in [5.41, 5.74) is 2.26. The number of benzene rings is 2. The minimum atomic E-state index is -2.73. The summed E-state index contributed by atoms with van der Waals surface area (Å²) < 4.78 is 19.3. The van der Waals surface area contributed by atoms with Crippen molar-refractivity contribution in [3.63, 3.8) is 0 Å². The number of aliphatic hydroxyl groups excluding tert-OH is 1. The normalized spacial score (nSPS) is 12.5. The lowest BCUT2D eigenvalue weighted by Crippen LogP contribution is -2.66. The molecular weight excluding hydrogens is 651 g/mol. The quantitative estimate of drug-likeness (QED) is 0.120. The Morgan fingerprint density at radius 2 is 1.62 bits per heavy atom. The molecule has 0 aliphatic heterocycles. The Bertz CT molecular complexity index is 1830. The number of fused-ring (bicyclic) bond motifs is 1. The van der Waals surface area contributed by atoms with Gasteiger partial charge >= 0.3 is 6.09 Å². The maximum Gasteiger partial charge on any atom is 0.413 e. The molecule has 1 amide bonds. The SMILES string of the molecule is CCC[C@@H](CCO[Si](c1ccccc1)(c1ccccc1)C(C)(C)C)Nc1nc(NC(=O)OC)nc2cnn(Cc3nc(CO)ccc3OC)c12. The lowest BCUT2D eigenvalue weighted by atomic mass is 10.1. The number of nitrogens with zero attached hydrogens (tertiary/aromatic N) is 5. The van der Waals surface area contributed by atoms with Crippen molar-refractivity contribution < 1.29 is 23.8 Å². The Hall–Kier alpha value is -4.85. The molecule has 3 N–H and O–H groups in total. The van der Waals surface area contributed by atoms with Crippen LogP contribution in [0.5, 0.6) is 5.75 Å². The van der Waals surface area contributed by atoms with Crippen LogP contribution >= 0.6 is 0 Å². The van der Waals surface area contributed by atoms with E-state index in [1.165, 1.54) is 17.5 Å². The average Bonchev–Trinajstić information content (AvgIpc) is 3.52. The van der Waals surface area contributed by atoms with Crippen LogP contribution in [0.2, 0.25) is 5.04 Å². The summed E-state index contributed by atoms with van der Waals surface area (Å²) in [5, 5.41) is 22.9. The van der Waals surface area contributed by atoms with Gasteiger partial charge in [-0.3, -0.25) is 10.00 Å². The van der Waals surface area contributed by atoms with E-state index >= 15 is 0 Å². The predicted octanol–water partition coefficient (Wildman–Crippen LogP) is 5.50. The van der Waals surface area contributed by atoms with E-state index in [9.17, 15) is 9.90 Å². The van der Waals surface area contributed by atoms with Gasteiger partial charge in [-0.2, -0.15) is 10.1 Å². The summed E-state index contributed by atoms with van der Waals surface area (Å²) in [7, 11) is 0.131. The predicted molar refractivity (Wildman–Crippen MR) is 198 cm³/mol. The second-order valence-corrected chi connectivity index (χ2v) is 17.4. The Morgan fingerprint density at radius 1 is 0.940 bits per heavy atom. The van der Waals surface area contributed by atoms with E-state index in [2.05, 4.69) is 102 Å². The number of aliphatic hydroxyl groups is 1. The molecule has 3 aromatic heterocycles. The van der Waals surface area contributed by atoms with Crippen LogP contribution in [0.15, 0.2) is 79.0 Å². The fraction of sp³-hybridized carbons (Fsp3) is 0.378. The van der Waals surface area contributed by atoms with Crippen molar-refractivity contribution >= 4 is 47.6 Å². The number of anilines is 2. The molecule has 0 radical (unpaired) electrons. The number of rotatable bonds is 15. The summed E-state index contributed by atoms with van der Waals surface area (Å²) in [5.74, 6) is 1.15. The average molecular weight is 698 g/mol. The maximum atomic E-state index is 12.2. The second kappa shape index (κ2) is 16.2. The topological polar surface area (TPSA) is 146 Å². The van der Waals surface area contributed by atoms with Crippen molar-refractivity contribution in [2.45, 2.75) is 71.2 Å². The number of amides is 1. The Morgan fingerprint density at radius 3 is 2.20 bits per heavy atom. The van der Waals surface area contributed by atoms with E-state index in [-0.39, 0.29) is 30.2 Å². The number of methoxy groups -OCH3 is 2. The number of ether oxygens (including phenoxy) is 2. The molecule has 0 saturated carbocycles. The number of hydrogen-bond acceptors (Lipinski definition) is 10. The van der Waals surface area contributed by atoms with Gasteiger partial charge in [0.25, 0.3) is 8.32 Å². The second-order valence-electron chi connectivity index (χ2n) is 13.1. The standard InChI is InChI=1S/C37H47N7O5Si/c1-7-14-26(21-22-49-50(37(2,3)4,28-15-10-8-11-16-28)29-17-12-9-13-18-29)40-34-33-30(41-35(42-34)43-36(46)48-6)23-38-44(33)24-31-32(47-5)20-19-27(25-45)39-31/h8-13,15-20,23,26,45H,7,14,21-22,24-25H2,1-6H3,(H2,40,41,42,43,46)/t26-/m0/s1. The van der Waals surface area contributed by atoms with E-state index in [0.29, 0.717) is 47.0 Å². The van der Waals surface area contributed by atoms with Crippen molar-refractivity contribution in [1.29, 1.82) is 0 Å². The molecule has 0 aliphatic rings. The van der Waals surface area contributed by atoms with Crippen LogP contribution in [0, 0.1) is 0 Å². The number of hydrogen-bond donors (Lipinski definition) is 3. The van der Waals surface area contributed by atoms with Gasteiger partial charge in [-0.1, -0.05) is 94.8 Å². The molecule has 5 aromatic rings. The van der Waals surface area contributed by atoms with Crippen molar-refractivity contribution in [3.05, 3.63) is 90.4 Å². The van der Waals surface area contributed by atoms with Crippen molar-refractivity contribution in [3.8, 4) is 5.75 Å². The minimum absolute atomic E-state index is 0.0315. The van der Waals surface area contributed by atoms with E-state index in [1.54, 1.807) is 30.1 Å². The highest BCUT2D eigenvalue weighted by molar-refractivity contribution is 6.99. The first-order valence-corrected chi connectivity index (χ1v) is 18.8. The van der Waals surface area contributed by atoms with Crippen LogP contribution in [0.4, 0.5) is 16.6 Å². The highest BCUT2D eigenvalue weighted by Gasteiger charge is 2.50. The monoisotopic (exact) mass is 697 g/mol. The molecule has 2 aromatic carbocycles. The van der Waals surface area contributed by atoms with Gasteiger partial charge in [0.1, 0.15) is 22.5 Å². The first kappa shape index (κ1) is 36.4. The van der Waals surface area contributed by atoms with Crippen LogP contribution in [-0.4, -0.2) is 71.1 Å². The molecule has 264 valence electrons. The van der Waals surface area contributed by atoms with Gasteiger partial charge in [-0.15, -0.1) is 0 Å². The third-order valence-electron chi connectivity index (χ3n) is 8.74. The fourth-order valence-electron chi connectivity index (χ4n) is 6.43. The van der Waals surface area contributed by atoms with Crippen molar-refractivity contribution in [2.24, 2.45) is 0 Å². The third-order valence-corrected chi connectivity index (χ3v) is 13.8. The van der Waals surface area contributed by atoms with E-state index in [4.69, 9.17) is 18.9 Å². The van der Waals surface area contributed by atoms with Gasteiger partial charge in [0.15, 0.2) is 5.82 Å². The number of aromatic nitrogens is 5. The summed E-state index contributed by atoms with van der Waals surface area (Å²) in [6.45, 7) is 9.51. The smallest absolute Gasteiger partial charge is 0.413 e. The largest absolute Gasteiger partial charge is 0.495 e. The van der Waals surface area contributed by atoms with E-state index < -0.39 is 14.4 Å². The first-order valence-electron chi connectivity index (χ1n) is 16.9. The molecular formula is C37H47N7O5Si. The zero-order valence-corrected chi connectivity index (χ0v) is 30.6. The van der Waals surface area contributed by atoms with Crippen LogP contribution in [0.1, 0.15) is 58.3 Å². The zero-order valence-electron chi connectivity index (χ0n) is 29.6. The first-order chi connectivity index (χ1) is 24.1. The van der Waals surface area contributed by atoms with Crippen LogP contribution in [-0.2, 0) is 22.3 Å². The highest BCUT2D eigenvalue weighted by atomic mass is 28.4. The molecule has 0 unspecified atom stereocenters. The maximum absolute atomic E-state index is 12.2. The highest BCUT2D eigenvalue weighted by Crippen LogP contribution is 2.37. The summed E-state index contributed by atoms with van der Waals surface area (Å²) in [6.07, 6.45) is 3.41. The molecule has 0 aliphatic carbocycles. The number of pyridine rings is 1. The van der Waals surface area contributed by atoms with Gasteiger partial charge in [-0.05, 0) is 40.4 Å². The Labute approximate surface area is 294 Å². The fourth-order valence-corrected chi connectivity index (χ4v) is 11.0. The molecule has 1 atom stereocenters. The minimum Gasteiger partial charge on any atom is -0.495 e. The third kappa shape index (κ3) is 7.96. The molecule has 5 rings (SSSR count). The molecule has 0 saturated heterocycles. The van der Waals surface area contributed by atoms with Gasteiger partial charge in [0, 0.05) is 12.6 Å². The van der Waals surface area contributed by atoms with Crippen LogP contribution in [0.25, 0.3) is 11.0 Å². The number of carbonyl (C=O) groups is 1. The zero-order chi connectivity index (χ0) is 35.7. The number of carbonyl (C=O) groups excluding carboxylic acids is 1. The molecule has 50 heavy (non-hydrogen) atoms. The lowest BCUT2D eigenvalue weighted by Gasteiger charge is -2.43. The summed E-state index contributed by atoms with van der Waals surface area (Å²) >= 11 is 0. The molecule has 0 spiro atoms. The molecule has 3 heterocycles. The molecule has 0 bridgehead atoms. The summed E-state index contributed by atoms with van der Waals surface area (Å²) in [4.78, 5) is 26.0. The van der Waals surface area contributed by atoms with Crippen molar-refractivity contribution in [2.75, 3.05) is 31.5 Å².